The molecule has 0 saturated carbocycles. The molecule has 1 aromatic heterocycles. The first-order valence-corrected chi connectivity index (χ1v) is 7.14. The molecule has 0 bridgehead atoms. The third-order valence-corrected chi connectivity index (χ3v) is 4.00. The van der Waals surface area contributed by atoms with E-state index in [-0.39, 0.29) is 6.10 Å². The zero-order chi connectivity index (χ0) is 14.1. The molecule has 20 heavy (non-hydrogen) atoms. The quantitative estimate of drug-likeness (QED) is 0.913. The summed E-state index contributed by atoms with van der Waals surface area (Å²) in [5, 5.41) is 7.90. The van der Waals surface area contributed by atoms with Gasteiger partial charge in [-0.2, -0.15) is 5.10 Å². The smallest absolute Gasteiger partial charge is 0.163 e. The van der Waals surface area contributed by atoms with Crippen LogP contribution in [0, 0.1) is 13.8 Å². The Hall–Kier alpha value is -1.97. The number of anilines is 1. The Labute approximate surface area is 119 Å². The molecule has 2 heterocycles. The molecular formula is C16H21N3O. The molecule has 3 rings (SSSR count). The molecule has 0 saturated heterocycles. The summed E-state index contributed by atoms with van der Waals surface area (Å²) in [5.74, 6) is 0.935. The lowest BCUT2D eigenvalue weighted by atomic mass is 10.1. The standard InChI is InChI=1S/C16H21N3O/c1-11-16(12(2)19(3)18-11)20-14-9-8-13-6-4-5-7-15(13)17-10-14/h4-7,14,17H,8-10H2,1-3H3. The second-order valence-corrected chi connectivity index (χ2v) is 5.44. The minimum Gasteiger partial charge on any atom is -0.485 e. The Morgan fingerprint density at radius 1 is 1.30 bits per heavy atom. The van der Waals surface area contributed by atoms with Crippen LogP contribution in [0.25, 0.3) is 0 Å². The topological polar surface area (TPSA) is 39.1 Å². The molecule has 0 amide bonds. The Morgan fingerprint density at radius 2 is 2.10 bits per heavy atom. The van der Waals surface area contributed by atoms with Crippen molar-refractivity contribution in [3.05, 3.63) is 41.2 Å². The summed E-state index contributed by atoms with van der Waals surface area (Å²) in [6.45, 7) is 4.89. The van der Waals surface area contributed by atoms with Gasteiger partial charge in [-0.3, -0.25) is 4.68 Å². The fourth-order valence-corrected chi connectivity index (χ4v) is 2.75. The highest BCUT2D eigenvalue weighted by Crippen LogP contribution is 2.26. The summed E-state index contributed by atoms with van der Waals surface area (Å²) >= 11 is 0. The van der Waals surface area contributed by atoms with Crippen molar-refractivity contribution in [2.24, 2.45) is 7.05 Å². The summed E-state index contributed by atoms with van der Waals surface area (Å²) in [7, 11) is 1.95. The number of ether oxygens (including phenoxy) is 1. The van der Waals surface area contributed by atoms with Gasteiger partial charge in [0.15, 0.2) is 5.75 Å². The Bertz CT molecular complexity index is 591. The molecule has 1 atom stereocenters. The average Bonchev–Trinajstić information content (AvgIpc) is 2.63. The zero-order valence-corrected chi connectivity index (χ0v) is 12.3. The number of rotatable bonds is 2. The van der Waals surface area contributed by atoms with E-state index in [4.69, 9.17) is 4.74 Å². The Balaban J connectivity index is 1.74. The number of aryl methyl sites for hydroxylation is 3. The van der Waals surface area contributed by atoms with Crippen molar-refractivity contribution in [3.8, 4) is 5.75 Å². The number of para-hydroxylation sites is 1. The fraction of sp³-hybridized carbons (Fsp3) is 0.438. The molecule has 1 aromatic carbocycles. The predicted octanol–water partition coefficient (Wildman–Crippen LogP) is 2.84. The molecule has 4 nitrogen and oxygen atoms in total. The van der Waals surface area contributed by atoms with E-state index < -0.39 is 0 Å². The number of benzene rings is 1. The summed E-state index contributed by atoms with van der Waals surface area (Å²) in [6, 6.07) is 8.49. The lowest BCUT2D eigenvalue weighted by molar-refractivity contribution is 0.203. The summed E-state index contributed by atoms with van der Waals surface area (Å²) in [4.78, 5) is 0. The van der Waals surface area contributed by atoms with Gasteiger partial charge < -0.3 is 10.1 Å². The van der Waals surface area contributed by atoms with Gasteiger partial charge in [-0.25, -0.2) is 0 Å². The van der Waals surface area contributed by atoms with Crippen molar-refractivity contribution in [1.29, 1.82) is 0 Å². The predicted molar refractivity (Wildman–Crippen MR) is 80.4 cm³/mol. The van der Waals surface area contributed by atoms with Crippen molar-refractivity contribution < 1.29 is 4.74 Å². The second-order valence-electron chi connectivity index (χ2n) is 5.44. The maximum atomic E-state index is 6.20. The summed E-state index contributed by atoms with van der Waals surface area (Å²) in [6.07, 6.45) is 2.26. The van der Waals surface area contributed by atoms with Gasteiger partial charge in [-0.05, 0) is 38.3 Å². The van der Waals surface area contributed by atoms with Crippen LogP contribution >= 0.6 is 0 Å². The number of hydrogen-bond acceptors (Lipinski definition) is 3. The van der Waals surface area contributed by atoms with Gasteiger partial charge in [-0.1, -0.05) is 18.2 Å². The van der Waals surface area contributed by atoms with Gasteiger partial charge >= 0.3 is 0 Å². The van der Waals surface area contributed by atoms with Crippen LogP contribution in [0.15, 0.2) is 24.3 Å². The number of nitrogens with zero attached hydrogens (tertiary/aromatic N) is 2. The van der Waals surface area contributed by atoms with Crippen LogP contribution in [-0.4, -0.2) is 22.4 Å². The van der Waals surface area contributed by atoms with Crippen LogP contribution < -0.4 is 10.1 Å². The van der Waals surface area contributed by atoms with Gasteiger partial charge in [0.1, 0.15) is 11.8 Å². The zero-order valence-electron chi connectivity index (χ0n) is 12.3. The average molecular weight is 271 g/mol. The van der Waals surface area contributed by atoms with Crippen molar-refractivity contribution >= 4 is 5.69 Å². The van der Waals surface area contributed by atoms with E-state index >= 15 is 0 Å². The molecule has 106 valence electrons. The fourth-order valence-electron chi connectivity index (χ4n) is 2.75. The molecule has 0 radical (unpaired) electrons. The first-order valence-electron chi connectivity index (χ1n) is 7.14. The third kappa shape index (κ3) is 2.38. The van der Waals surface area contributed by atoms with E-state index in [1.54, 1.807) is 0 Å². The first kappa shape index (κ1) is 13.0. The summed E-state index contributed by atoms with van der Waals surface area (Å²) < 4.78 is 8.08. The van der Waals surface area contributed by atoms with Crippen LogP contribution in [-0.2, 0) is 13.5 Å². The van der Waals surface area contributed by atoms with Gasteiger partial charge in [0.25, 0.3) is 0 Å². The van der Waals surface area contributed by atoms with Gasteiger partial charge in [0.2, 0.25) is 0 Å². The molecule has 2 aromatic rings. The normalized spacial score (nSPS) is 18.1. The summed E-state index contributed by atoms with van der Waals surface area (Å²) in [5.41, 5.74) is 4.66. The first-order chi connectivity index (χ1) is 9.65. The molecule has 0 fully saturated rings. The lowest BCUT2D eigenvalue weighted by Crippen LogP contribution is -2.25. The van der Waals surface area contributed by atoms with Crippen LogP contribution in [0.5, 0.6) is 5.75 Å². The highest BCUT2D eigenvalue weighted by atomic mass is 16.5. The monoisotopic (exact) mass is 271 g/mol. The molecule has 1 aliphatic rings. The lowest BCUT2D eigenvalue weighted by Gasteiger charge is -2.17. The number of aromatic nitrogens is 2. The molecule has 1 N–H and O–H groups in total. The van der Waals surface area contributed by atoms with Crippen molar-refractivity contribution in [2.45, 2.75) is 32.8 Å². The highest BCUT2D eigenvalue weighted by molar-refractivity contribution is 5.52. The number of nitrogens with one attached hydrogen (secondary N) is 1. The van der Waals surface area contributed by atoms with Crippen LogP contribution in [0.3, 0.4) is 0 Å². The Kier molecular flexibility index (Phi) is 3.38. The van der Waals surface area contributed by atoms with E-state index in [1.807, 2.05) is 25.6 Å². The maximum absolute atomic E-state index is 6.20. The van der Waals surface area contributed by atoms with E-state index in [2.05, 4.69) is 34.7 Å². The van der Waals surface area contributed by atoms with E-state index in [9.17, 15) is 0 Å². The molecule has 1 unspecified atom stereocenters. The Morgan fingerprint density at radius 3 is 2.85 bits per heavy atom. The second kappa shape index (κ2) is 5.19. The molecule has 0 aliphatic carbocycles. The van der Waals surface area contributed by atoms with Crippen molar-refractivity contribution in [3.63, 3.8) is 0 Å². The molecule has 0 spiro atoms. The molecular weight excluding hydrogens is 250 g/mol. The third-order valence-electron chi connectivity index (χ3n) is 4.00. The van der Waals surface area contributed by atoms with Crippen molar-refractivity contribution in [2.75, 3.05) is 11.9 Å². The minimum absolute atomic E-state index is 0.184. The van der Waals surface area contributed by atoms with E-state index in [1.165, 1.54) is 11.3 Å². The van der Waals surface area contributed by atoms with E-state index in [0.29, 0.717) is 0 Å². The minimum atomic E-state index is 0.184. The maximum Gasteiger partial charge on any atom is 0.163 e. The van der Waals surface area contributed by atoms with Crippen molar-refractivity contribution in [1.82, 2.24) is 9.78 Å². The largest absolute Gasteiger partial charge is 0.485 e. The van der Waals surface area contributed by atoms with Gasteiger partial charge in [-0.15, -0.1) is 0 Å². The number of hydrogen-bond donors (Lipinski definition) is 1. The molecule has 4 heteroatoms. The molecule has 1 aliphatic heterocycles. The van der Waals surface area contributed by atoms with Crippen LogP contribution in [0.2, 0.25) is 0 Å². The SMILES string of the molecule is Cc1nn(C)c(C)c1OC1CCc2ccccc2NC1. The number of fused-ring (bicyclic) bond motifs is 1. The van der Waals surface area contributed by atoms with E-state index in [0.717, 1.165) is 36.5 Å². The van der Waals surface area contributed by atoms with Gasteiger partial charge in [0, 0.05) is 12.7 Å². The van der Waals surface area contributed by atoms with Crippen LogP contribution in [0.4, 0.5) is 5.69 Å². The highest BCUT2D eigenvalue weighted by Gasteiger charge is 2.20. The van der Waals surface area contributed by atoms with Crippen LogP contribution in [0.1, 0.15) is 23.4 Å². The van der Waals surface area contributed by atoms with Gasteiger partial charge in [0.05, 0.1) is 12.2 Å².